The summed E-state index contributed by atoms with van der Waals surface area (Å²) in [7, 11) is 0. The Morgan fingerprint density at radius 2 is 1.62 bits per heavy atom. The van der Waals surface area contributed by atoms with Gasteiger partial charge in [-0.15, -0.1) is 0 Å². The summed E-state index contributed by atoms with van der Waals surface area (Å²) < 4.78 is 0. The summed E-state index contributed by atoms with van der Waals surface area (Å²) in [5.41, 5.74) is 3.80. The maximum absolute atomic E-state index is 13.3. The number of aliphatic imine (C=N–C) groups is 1. The molecule has 172 valence electrons. The highest BCUT2D eigenvalue weighted by Gasteiger charge is 2.32. The van der Waals surface area contributed by atoms with E-state index in [9.17, 15) is 9.59 Å². The zero-order valence-corrected chi connectivity index (χ0v) is 20.9. The van der Waals surface area contributed by atoms with Gasteiger partial charge in [-0.3, -0.25) is 14.5 Å². The molecular weight excluding hydrogens is 464 g/mol. The van der Waals surface area contributed by atoms with Crippen LogP contribution in [0.25, 0.3) is 6.08 Å². The van der Waals surface area contributed by atoms with Crippen LogP contribution in [0.3, 0.4) is 0 Å². The Kier molecular flexibility index (Phi) is 7.05. The van der Waals surface area contributed by atoms with Crippen LogP contribution in [0.1, 0.15) is 42.3 Å². The number of amides is 1. The van der Waals surface area contributed by atoms with E-state index in [1.165, 1.54) is 17.3 Å². The lowest BCUT2D eigenvalue weighted by atomic mass is 9.87. The molecule has 0 radical (unpaired) electrons. The van der Waals surface area contributed by atoms with E-state index in [1.54, 1.807) is 35.2 Å². The Labute approximate surface area is 209 Å². The van der Waals surface area contributed by atoms with Gasteiger partial charge in [-0.1, -0.05) is 86.6 Å². The molecular formula is C28H25ClN2O2S. The van der Waals surface area contributed by atoms with Gasteiger partial charge in [0.1, 0.15) is 5.70 Å². The van der Waals surface area contributed by atoms with Gasteiger partial charge >= 0.3 is 0 Å². The topological polar surface area (TPSA) is 49.7 Å². The van der Waals surface area contributed by atoms with Gasteiger partial charge < -0.3 is 0 Å². The van der Waals surface area contributed by atoms with Crippen molar-refractivity contribution in [2.24, 2.45) is 4.99 Å². The van der Waals surface area contributed by atoms with Gasteiger partial charge in [-0.25, -0.2) is 4.99 Å². The number of para-hydroxylation sites is 1. The van der Waals surface area contributed by atoms with Gasteiger partial charge in [0.05, 0.1) is 11.4 Å². The van der Waals surface area contributed by atoms with Gasteiger partial charge in [-0.2, -0.15) is 0 Å². The van der Waals surface area contributed by atoms with E-state index in [2.05, 4.69) is 37.9 Å². The lowest BCUT2D eigenvalue weighted by molar-refractivity contribution is -0.113. The second-order valence-corrected chi connectivity index (χ2v) is 10.4. The Morgan fingerprint density at radius 3 is 2.24 bits per heavy atom. The summed E-state index contributed by atoms with van der Waals surface area (Å²) in [5, 5.41) is 1.06. The van der Waals surface area contributed by atoms with Crippen LogP contribution in [0.15, 0.2) is 89.6 Å². The van der Waals surface area contributed by atoms with Crippen molar-refractivity contribution in [3.63, 3.8) is 0 Å². The highest BCUT2D eigenvalue weighted by molar-refractivity contribution is 8.14. The van der Waals surface area contributed by atoms with Crippen molar-refractivity contribution in [1.82, 2.24) is 0 Å². The number of amidine groups is 1. The monoisotopic (exact) mass is 488 g/mol. The van der Waals surface area contributed by atoms with Gasteiger partial charge in [-0.05, 0) is 59.0 Å². The molecule has 0 aromatic heterocycles. The molecule has 0 bridgehead atoms. The molecule has 4 nitrogen and oxygen atoms in total. The minimum atomic E-state index is -0.215. The van der Waals surface area contributed by atoms with Crippen molar-refractivity contribution >= 4 is 52.0 Å². The summed E-state index contributed by atoms with van der Waals surface area (Å²) in [6.45, 7) is 6.49. The Balaban J connectivity index is 1.60. The predicted octanol–water partition coefficient (Wildman–Crippen LogP) is 7.00. The molecule has 1 aliphatic rings. The number of benzene rings is 3. The molecule has 0 unspecified atom stereocenters. The zero-order valence-electron chi connectivity index (χ0n) is 19.3. The lowest BCUT2D eigenvalue weighted by Gasteiger charge is -2.18. The maximum atomic E-state index is 13.3. The molecule has 1 amide bonds. The van der Waals surface area contributed by atoms with Crippen LogP contribution in [-0.4, -0.2) is 22.6 Å². The number of carbonyl (C=O) groups is 2. The molecule has 3 aromatic carbocycles. The number of thioether (sulfide) groups is 1. The number of nitrogens with zero attached hydrogens (tertiary/aromatic N) is 2. The third-order valence-corrected chi connectivity index (χ3v) is 6.61. The molecule has 0 atom stereocenters. The Morgan fingerprint density at radius 1 is 0.971 bits per heavy atom. The lowest BCUT2D eigenvalue weighted by Crippen LogP contribution is -2.30. The van der Waals surface area contributed by atoms with Crippen LogP contribution in [0.2, 0.25) is 5.02 Å². The minimum Gasteiger partial charge on any atom is -0.293 e. The smallest absolute Gasteiger partial charge is 0.283 e. The Hall–Kier alpha value is -3.15. The zero-order chi connectivity index (χ0) is 24.3. The summed E-state index contributed by atoms with van der Waals surface area (Å²) in [6, 6.07) is 24.3. The summed E-state index contributed by atoms with van der Waals surface area (Å²) in [4.78, 5) is 32.2. The van der Waals surface area contributed by atoms with Crippen molar-refractivity contribution in [3.8, 4) is 0 Å². The van der Waals surface area contributed by atoms with Crippen LogP contribution in [0.4, 0.5) is 5.69 Å². The quantitative estimate of drug-likeness (QED) is 0.287. The van der Waals surface area contributed by atoms with E-state index < -0.39 is 0 Å². The number of Topliss-reactive ketones (excluding diaryl/α,β-unsaturated/α-hetero) is 1. The molecule has 0 N–H and O–H groups in total. The number of anilines is 1. The minimum absolute atomic E-state index is 0.0531. The third-order valence-electron chi connectivity index (χ3n) is 5.42. The van der Waals surface area contributed by atoms with Crippen LogP contribution < -0.4 is 4.90 Å². The van der Waals surface area contributed by atoms with Crippen LogP contribution in [0.5, 0.6) is 0 Å². The molecule has 0 saturated carbocycles. The number of ketones is 1. The molecule has 0 spiro atoms. The van der Waals surface area contributed by atoms with Crippen molar-refractivity contribution in [2.45, 2.75) is 26.2 Å². The van der Waals surface area contributed by atoms with E-state index in [0.717, 1.165) is 5.56 Å². The third kappa shape index (κ3) is 5.49. The van der Waals surface area contributed by atoms with Crippen LogP contribution in [-0.2, 0) is 10.2 Å². The van der Waals surface area contributed by atoms with E-state index in [-0.39, 0.29) is 22.9 Å². The molecule has 34 heavy (non-hydrogen) atoms. The Bertz CT molecular complexity index is 1260. The molecule has 1 aliphatic heterocycles. The SMILES string of the molecule is CC(C)(C)c1ccc(/C=C2/N=C(SCC(=O)c3ccc(Cl)cc3)N(c3ccccc3)C2=O)cc1. The first-order chi connectivity index (χ1) is 16.2. The first-order valence-electron chi connectivity index (χ1n) is 10.9. The van der Waals surface area contributed by atoms with Gasteiger partial charge in [0, 0.05) is 10.6 Å². The summed E-state index contributed by atoms with van der Waals surface area (Å²) >= 11 is 7.18. The number of hydrogen-bond acceptors (Lipinski definition) is 4. The van der Waals surface area contributed by atoms with Crippen molar-refractivity contribution in [2.75, 3.05) is 10.7 Å². The van der Waals surface area contributed by atoms with Gasteiger partial charge in [0.2, 0.25) is 0 Å². The number of halogens is 1. The first-order valence-corrected chi connectivity index (χ1v) is 12.3. The molecule has 1 heterocycles. The van der Waals surface area contributed by atoms with Crippen LogP contribution >= 0.6 is 23.4 Å². The second kappa shape index (κ2) is 10.00. The molecule has 3 aromatic rings. The largest absolute Gasteiger partial charge is 0.293 e. The summed E-state index contributed by atoms with van der Waals surface area (Å²) in [5.74, 6) is -0.113. The van der Waals surface area contributed by atoms with Gasteiger partial charge in [0.15, 0.2) is 11.0 Å². The molecule has 0 saturated heterocycles. The van der Waals surface area contributed by atoms with Crippen molar-refractivity contribution < 1.29 is 9.59 Å². The standard InChI is InChI=1S/C28H25ClN2O2S/c1-28(2,3)21-13-9-19(10-14-21)17-24-26(33)31(23-7-5-4-6-8-23)27(30-24)34-18-25(32)20-11-15-22(29)16-12-20/h4-17H,18H2,1-3H3/b24-17+. The van der Waals surface area contributed by atoms with Gasteiger partial charge in [0.25, 0.3) is 5.91 Å². The second-order valence-electron chi connectivity index (χ2n) is 8.99. The molecule has 4 rings (SSSR count). The fourth-order valence-electron chi connectivity index (χ4n) is 3.48. The predicted molar refractivity (Wildman–Crippen MR) is 143 cm³/mol. The van der Waals surface area contributed by atoms with E-state index >= 15 is 0 Å². The van der Waals surface area contributed by atoms with E-state index in [0.29, 0.717) is 27.1 Å². The average molecular weight is 489 g/mol. The summed E-state index contributed by atoms with van der Waals surface area (Å²) in [6.07, 6.45) is 1.79. The highest BCUT2D eigenvalue weighted by atomic mass is 35.5. The number of carbonyl (C=O) groups excluding carboxylic acids is 2. The highest BCUT2D eigenvalue weighted by Crippen LogP contribution is 2.30. The number of hydrogen-bond donors (Lipinski definition) is 0. The number of rotatable bonds is 5. The fourth-order valence-corrected chi connectivity index (χ4v) is 4.52. The van der Waals surface area contributed by atoms with E-state index in [4.69, 9.17) is 11.6 Å². The normalized spacial score (nSPS) is 15.1. The molecule has 0 fully saturated rings. The van der Waals surface area contributed by atoms with Crippen molar-refractivity contribution in [3.05, 3.63) is 106 Å². The first kappa shape index (κ1) is 24.0. The van der Waals surface area contributed by atoms with Crippen LogP contribution in [0, 0.1) is 0 Å². The fraction of sp³-hybridized carbons (Fsp3) is 0.179. The van der Waals surface area contributed by atoms with Crippen molar-refractivity contribution in [1.29, 1.82) is 0 Å². The molecule has 0 aliphatic carbocycles. The molecule has 6 heteroatoms. The maximum Gasteiger partial charge on any atom is 0.283 e. The average Bonchev–Trinajstić information content (AvgIpc) is 3.13. The van der Waals surface area contributed by atoms with E-state index in [1.807, 2.05) is 42.5 Å².